The fourth-order valence-electron chi connectivity index (χ4n) is 2.24. The van der Waals surface area contributed by atoms with Crippen molar-refractivity contribution in [1.29, 1.82) is 0 Å². The summed E-state index contributed by atoms with van der Waals surface area (Å²) in [5, 5.41) is 3.01. The number of amides is 3. The number of hydrogen-bond donors (Lipinski definition) is 2. The van der Waals surface area contributed by atoms with Crippen molar-refractivity contribution >= 4 is 23.4 Å². The minimum Gasteiger partial charge on any atom is -0.373 e. The average molecular weight is 275 g/mol. The van der Waals surface area contributed by atoms with Gasteiger partial charge >= 0.3 is 0 Å². The maximum absolute atomic E-state index is 12.1. The zero-order valence-electron chi connectivity index (χ0n) is 11.4. The number of nitrogens with zero attached hydrogens (tertiary/aromatic N) is 1. The van der Waals surface area contributed by atoms with E-state index in [2.05, 4.69) is 5.32 Å². The summed E-state index contributed by atoms with van der Waals surface area (Å²) in [6.45, 7) is 3.61. The van der Waals surface area contributed by atoms with Crippen molar-refractivity contribution in [2.75, 3.05) is 5.32 Å². The smallest absolute Gasteiger partial charge is 0.252 e. The van der Waals surface area contributed by atoms with Crippen LogP contribution in [0.5, 0.6) is 0 Å². The first-order valence-corrected chi connectivity index (χ1v) is 6.42. The summed E-state index contributed by atoms with van der Waals surface area (Å²) >= 11 is 0. The quantitative estimate of drug-likeness (QED) is 0.792. The van der Waals surface area contributed by atoms with Gasteiger partial charge in [0.25, 0.3) is 5.91 Å². The minimum absolute atomic E-state index is 0.140. The van der Waals surface area contributed by atoms with Crippen LogP contribution in [-0.2, 0) is 9.59 Å². The van der Waals surface area contributed by atoms with Crippen molar-refractivity contribution < 1.29 is 14.4 Å². The van der Waals surface area contributed by atoms with Crippen LogP contribution in [-0.4, -0.2) is 34.7 Å². The van der Waals surface area contributed by atoms with Crippen molar-refractivity contribution in [3.63, 3.8) is 0 Å². The third kappa shape index (κ3) is 2.64. The van der Waals surface area contributed by atoms with E-state index in [4.69, 9.17) is 5.73 Å². The molecule has 1 fully saturated rings. The number of likely N-dealkylation sites (tertiary alicyclic amines) is 1. The molecule has 1 aliphatic heterocycles. The Bertz CT molecular complexity index is 551. The van der Waals surface area contributed by atoms with Crippen molar-refractivity contribution in [3.8, 4) is 0 Å². The molecule has 0 radical (unpaired) electrons. The third-order valence-electron chi connectivity index (χ3n) is 3.21. The summed E-state index contributed by atoms with van der Waals surface area (Å²) in [7, 11) is 0. The molecule has 0 saturated carbocycles. The second-order valence-corrected chi connectivity index (χ2v) is 5.04. The van der Waals surface area contributed by atoms with Crippen LogP contribution in [0, 0.1) is 0 Å². The molecule has 1 saturated heterocycles. The van der Waals surface area contributed by atoms with E-state index in [-0.39, 0.29) is 24.3 Å². The highest BCUT2D eigenvalue weighted by molar-refractivity contribution is 6.07. The summed E-state index contributed by atoms with van der Waals surface area (Å²) in [5.74, 6) is -0.894. The molecular formula is C14H17N3O3. The van der Waals surface area contributed by atoms with Gasteiger partial charge in [0.15, 0.2) is 0 Å². The minimum atomic E-state index is -0.552. The van der Waals surface area contributed by atoms with E-state index in [0.717, 1.165) is 0 Å². The van der Waals surface area contributed by atoms with Gasteiger partial charge in [-0.15, -0.1) is 0 Å². The molecular weight excluding hydrogens is 258 g/mol. The highest BCUT2D eigenvalue weighted by Gasteiger charge is 2.39. The predicted octanol–water partition coefficient (Wildman–Crippen LogP) is 0.733. The number of primary amides is 1. The molecule has 6 heteroatoms. The van der Waals surface area contributed by atoms with Gasteiger partial charge in [0.05, 0.1) is 6.42 Å². The molecule has 3 amide bonds. The fourth-order valence-corrected chi connectivity index (χ4v) is 2.24. The topological polar surface area (TPSA) is 92.5 Å². The highest BCUT2D eigenvalue weighted by Crippen LogP contribution is 2.20. The lowest BCUT2D eigenvalue weighted by Crippen LogP contribution is -2.39. The predicted molar refractivity (Wildman–Crippen MR) is 74.0 cm³/mol. The summed E-state index contributed by atoms with van der Waals surface area (Å²) in [4.78, 5) is 36.1. The van der Waals surface area contributed by atoms with Crippen LogP contribution in [0.3, 0.4) is 0 Å². The van der Waals surface area contributed by atoms with E-state index in [9.17, 15) is 14.4 Å². The molecule has 1 aromatic rings. The van der Waals surface area contributed by atoms with E-state index in [1.54, 1.807) is 38.1 Å². The molecule has 2 rings (SSSR count). The lowest BCUT2D eigenvalue weighted by atomic mass is 10.1. The number of rotatable bonds is 4. The number of hydrogen-bond acceptors (Lipinski definition) is 4. The summed E-state index contributed by atoms with van der Waals surface area (Å²) in [6.07, 6.45) is 0.147. The van der Waals surface area contributed by atoms with Gasteiger partial charge in [-0.25, -0.2) is 0 Å². The molecule has 1 aliphatic rings. The maximum Gasteiger partial charge on any atom is 0.252 e. The number of imide groups is 1. The van der Waals surface area contributed by atoms with Gasteiger partial charge in [0.1, 0.15) is 6.04 Å². The molecule has 3 N–H and O–H groups in total. The largest absolute Gasteiger partial charge is 0.373 e. The molecule has 0 spiro atoms. The van der Waals surface area contributed by atoms with Crippen molar-refractivity contribution in [1.82, 2.24) is 4.90 Å². The molecule has 0 bridgehead atoms. The van der Waals surface area contributed by atoms with Crippen molar-refractivity contribution in [2.45, 2.75) is 32.4 Å². The second-order valence-electron chi connectivity index (χ2n) is 5.04. The second kappa shape index (κ2) is 5.32. The van der Waals surface area contributed by atoms with E-state index in [1.807, 2.05) is 0 Å². The number of nitrogens with two attached hydrogens (primary N) is 1. The number of anilines is 1. The number of benzene rings is 1. The molecule has 0 aliphatic carbocycles. The third-order valence-corrected chi connectivity index (χ3v) is 3.21. The van der Waals surface area contributed by atoms with Crippen LogP contribution < -0.4 is 11.1 Å². The molecule has 1 atom stereocenters. The van der Waals surface area contributed by atoms with Crippen LogP contribution in [0.15, 0.2) is 24.3 Å². The average Bonchev–Trinajstić information content (AvgIpc) is 2.65. The Hall–Kier alpha value is -2.37. The lowest BCUT2D eigenvalue weighted by molar-refractivity contribution is -0.140. The van der Waals surface area contributed by atoms with Gasteiger partial charge in [-0.3, -0.25) is 19.3 Å². The van der Waals surface area contributed by atoms with Gasteiger partial charge in [-0.05, 0) is 38.1 Å². The lowest BCUT2D eigenvalue weighted by Gasteiger charge is -2.19. The van der Waals surface area contributed by atoms with Gasteiger partial charge in [-0.2, -0.15) is 0 Å². The van der Waals surface area contributed by atoms with Gasteiger partial charge < -0.3 is 11.1 Å². The van der Waals surface area contributed by atoms with Crippen LogP contribution in [0.1, 0.15) is 30.6 Å². The first-order chi connectivity index (χ1) is 9.40. The van der Waals surface area contributed by atoms with Gasteiger partial charge in [0, 0.05) is 17.3 Å². The first-order valence-electron chi connectivity index (χ1n) is 6.42. The van der Waals surface area contributed by atoms with Crippen LogP contribution in [0.25, 0.3) is 0 Å². The zero-order valence-corrected chi connectivity index (χ0v) is 11.4. The molecule has 6 nitrogen and oxygen atoms in total. The Morgan fingerprint density at radius 1 is 1.30 bits per heavy atom. The Labute approximate surface area is 116 Å². The standard InChI is InChI=1S/C14H17N3O3/c1-8(2)17-12(18)7-11(14(17)20)16-10-5-3-9(4-6-10)13(15)19/h3-6,8,11,16H,7H2,1-2H3,(H2,15,19). The van der Waals surface area contributed by atoms with E-state index in [0.29, 0.717) is 11.3 Å². The molecule has 106 valence electrons. The number of carbonyl (C=O) groups excluding carboxylic acids is 3. The van der Waals surface area contributed by atoms with E-state index >= 15 is 0 Å². The highest BCUT2D eigenvalue weighted by atomic mass is 16.2. The number of carbonyl (C=O) groups is 3. The fraction of sp³-hybridized carbons (Fsp3) is 0.357. The maximum atomic E-state index is 12.1. The Kier molecular flexibility index (Phi) is 3.74. The van der Waals surface area contributed by atoms with Crippen LogP contribution in [0.2, 0.25) is 0 Å². The van der Waals surface area contributed by atoms with Crippen molar-refractivity contribution in [3.05, 3.63) is 29.8 Å². The van der Waals surface area contributed by atoms with Crippen LogP contribution >= 0.6 is 0 Å². The van der Waals surface area contributed by atoms with Crippen molar-refractivity contribution in [2.24, 2.45) is 5.73 Å². The summed E-state index contributed by atoms with van der Waals surface area (Å²) < 4.78 is 0. The zero-order chi connectivity index (χ0) is 14.9. The molecule has 0 aromatic heterocycles. The Balaban J connectivity index is 2.09. The van der Waals surface area contributed by atoms with Crippen LogP contribution in [0.4, 0.5) is 5.69 Å². The SMILES string of the molecule is CC(C)N1C(=O)CC(Nc2ccc(C(N)=O)cc2)C1=O. The normalized spacial score (nSPS) is 18.8. The van der Waals surface area contributed by atoms with E-state index < -0.39 is 11.9 Å². The number of nitrogens with one attached hydrogen (secondary N) is 1. The Morgan fingerprint density at radius 3 is 2.35 bits per heavy atom. The van der Waals surface area contributed by atoms with Gasteiger partial charge in [-0.1, -0.05) is 0 Å². The molecule has 1 heterocycles. The molecule has 1 unspecified atom stereocenters. The molecule has 20 heavy (non-hydrogen) atoms. The van der Waals surface area contributed by atoms with E-state index in [1.165, 1.54) is 4.90 Å². The summed E-state index contributed by atoms with van der Waals surface area (Å²) in [6, 6.07) is 5.78. The first kappa shape index (κ1) is 14.0. The summed E-state index contributed by atoms with van der Waals surface area (Å²) in [5.41, 5.74) is 6.22. The Morgan fingerprint density at radius 2 is 1.90 bits per heavy atom. The monoisotopic (exact) mass is 275 g/mol. The van der Waals surface area contributed by atoms with Gasteiger partial charge in [0.2, 0.25) is 11.8 Å². The molecule has 1 aromatic carbocycles.